The van der Waals surface area contributed by atoms with Crippen LogP contribution in [0.5, 0.6) is 0 Å². The van der Waals surface area contributed by atoms with Crippen molar-refractivity contribution in [2.75, 3.05) is 13.2 Å². The fourth-order valence-electron chi connectivity index (χ4n) is 2.59. The zero-order valence-electron chi connectivity index (χ0n) is 12.7. The van der Waals surface area contributed by atoms with E-state index in [0.29, 0.717) is 12.5 Å². The van der Waals surface area contributed by atoms with Crippen molar-refractivity contribution >= 4 is 11.3 Å². The van der Waals surface area contributed by atoms with Crippen LogP contribution in [0.25, 0.3) is 11.1 Å². The van der Waals surface area contributed by atoms with Gasteiger partial charge in [0.2, 0.25) is 0 Å². The van der Waals surface area contributed by atoms with Gasteiger partial charge in [0.05, 0.1) is 0 Å². The Kier molecular flexibility index (Phi) is 6.93. The summed E-state index contributed by atoms with van der Waals surface area (Å²) >= 11 is 1.81. The maximum atomic E-state index is 9.08. The molecule has 114 valence electrons. The quantitative estimate of drug-likeness (QED) is 0.724. The van der Waals surface area contributed by atoms with E-state index in [1.807, 2.05) is 17.4 Å². The summed E-state index contributed by atoms with van der Waals surface area (Å²) in [5.74, 6) is 0.591. The molecule has 0 aliphatic carbocycles. The minimum Gasteiger partial charge on any atom is -0.396 e. The van der Waals surface area contributed by atoms with Gasteiger partial charge in [-0.1, -0.05) is 43.7 Å². The SMILES string of the molecule is CCCC(CCO)CNCc1cc(-c2ccccc2)cs1. The van der Waals surface area contributed by atoms with Gasteiger partial charge in [0, 0.05) is 18.0 Å². The average Bonchev–Trinajstić information content (AvgIpc) is 2.97. The van der Waals surface area contributed by atoms with Crippen molar-refractivity contribution in [3.8, 4) is 11.1 Å². The summed E-state index contributed by atoms with van der Waals surface area (Å²) < 4.78 is 0. The molecule has 0 fully saturated rings. The van der Waals surface area contributed by atoms with E-state index in [-0.39, 0.29) is 0 Å². The van der Waals surface area contributed by atoms with Crippen molar-refractivity contribution < 1.29 is 5.11 Å². The molecule has 0 spiro atoms. The number of nitrogens with one attached hydrogen (secondary N) is 1. The molecule has 2 nitrogen and oxygen atoms in total. The van der Waals surface area contributed by atoms with Crippen molar-refractivity contribution in [1.82, 2.24) is 5.32 Å². The predicted octanol–water partition coefficient (Wildman–Crippen LogP) is 4.30. The number of rotatable bonds is 9. The first-order valence-corrected chi connectivity index (χ1v) is 8.65. The van der Waals surface area contributed by atoms with E-state index in [1.165, 1.54) is 28.8 Å². The van der Waals surface area contributed by atoms with Crippen LogP contribution in [0.3, 0.4) is 0 Å². The van der Waals surface area contributed by atoms with E-state index in [9.17, 15) is 0 Å². The Labute approximate surface area is 131 Å². The molecule has 0 aliphatic heterocycles. The molecular weight excluding hydrogens is 278 g/mol. The summed E-state index contributed by atoms with van der Waals surface area (Å²) in [6.07, 6.45) is 3.28. The third-order valence-electron chi connectivity index (χ3n) is 3.73. The van der Waals surface area contributed by atoms with Crippen molar-refractivity contribution in [2.45, 2.75) is 32.7 Å². The third kappa shape index (κ3) is 5.27. The monoisotopic (exact) mass is 303 g/mol. The standard InChI is InChI=1S/C18H25NOS/c1-2-6-15(9-10-20)12-19-13-18-11-17(14-21-18)16-7-4-3-5-8-16/h3-5,7-8,11,14-15,19-20H,2,6,9-10,12-13H2,1H3. The second kappa shape index (κ2) is 8.98. The highest BCUT2D eigenvalue weighted by Gasteiger charge is 2.07. The summed E-state index contributed by atoms with van der Waals surface area (Å²) in [6.45, 7) is 4.41. The summed E-state index contributed by atoms with van der Waals surface area (Å²) in [7, 11) is 0. The minimum atomic E-state index is 0.295. The molecule has 2 aromatic rings. The first-order chi connectivity index (χ1) is 10.3. The number of hydrogen-bond acceptors (Lipinski definition) is 3. The van der Waals surface area contributed by atoms with Gasteiger partial charge in [-0.15, -0.1) is 11.3 Å². The highest BCUT2D eigenvalue weighted by molar-refractivity contribution is 7.10. The van der Waals surface area contributed by atoms with Crippen LogP contribution >= 0.6 is 11.3 Å². The summed E-state index contributed by atoms with van der Waals surface area (Å²) in [4.78, 5) is 1.37. The van der Waals surface area contributed by atoms with E-state index >= 15 is 0 Å². The number of aliphatic hydroxyl groups excluding tert-OH is 1. The number of aliphatic hydroxyl groups is 1. The first-order valence-electron chi connectivity index (χ1n) is 7.78. The van der Waals surface area contributed by atoms with Crippen molar-refractivity contribution in [3.05, 3.63) is 46.7 Å². The van der Waals surface area contributed by atoms with Gasteiger partial charge in [-0.25, -0.2) is 0 Å². The van der Waals surface area contributed by atoms with Gasteiger partial charge in [-0.3, -0.25) is 0 Å². The van der Waals surface area contributed by atoms with E-state index in [1.54, 1.807) is 0 Å². The lowest BCUT2D eigenvalue weighted by atomic mass is 10.0. The largest absolute Gasteiger partial charge is 0.396 e. The predicted molar refractivity (Wildman–Crippen MR) is 91.6 cm³/mol. The normalized spacial score (nSPS) is 12.5. The summed E-state index contributed by atoms with van der Waals surface area (Å²) in [5.41, 5.74) is 2.59. The molecule has 0 amide bonds. The molecule has 0 saturated carbocycles. The fraction of sp³-hybridized carbons (Fsp3) is 0.444. The second-order valence-electron chi connectivity index (χ2n) is 5.47. The van der Waals surface area contributed by atoms with Crippen LogP contribution in [0.4, 0.5) is 0 Å². The van der Waals surface area contributed by atoms with Crippen LogP contribution in [0.1, 0.15) is 31.1 Å². The van der Waals surface area contributed by atoms with E-state index in [2.05, 4.69) is 48.0 Å². The fourth-order valence-corrected chi connectivity index (χ4v) is 3.46. The highest BCUT2D eigenvalue weighted by atomic mass is 32.1. The van der Waals surface area contributed by atoms with Crippen LogP contribution in [-0.4, -0.2) is 18.3 Å². The van der Waals surface area contributed by atoms with Crippen molar-refractivity contribution in [1.29, 1.82) is 0 Å². The minimum absolute atomic E-state index is 0.295. The van der Waals surface area contributed by atoms with Gasteiger partial charge in [0.15, 0.2) is 0 Å². The molecule has 1 aromatic carbocycles. The Morgan fingerprint density at radius 1 is 1.14 bits per heavy atom. The zero-order chi connectivity index (χ0) is 14.9. The van der Waals surface area contributed by atoms with E-state index in [4.69, 9.17) is 5.11 Å². The number of benzene rings is 1. The Balaban J connectivity index is 1.83. The molecular formula is C18H25NOS. The van der Waals surface area contributed by atoms with E-state index in [0.717, 1.165) is 19.5 Å². The lowest BCUT2D eigenvalue weighted by Gasteiger charge is -2.15. The lowest BCUT2D eigenvalue weighted by Crippen LogP contribution is -2.22. The molecule has 0 bridgehead atoms. The number of hydrogen-bond donors (Lipinski definition) is 2. The molecule has 0 saturated heterocycles. The smallest absolute Gasteiger partial charge is 0.0434 e. The Morgan fingerprint density at radius 2 is 1.95 bits per heavy atom. The molecule has 2 N–H and O–H groups in total. The van der Waals surface area contributed by atoms with Crippen LogP contribution in [0.2, 0.25) is 0 Å². The molecule has 1 heterocycles. The van der Waals surface area contributed by atoms with Crippen molar-refractivity contribution in [2.24, 2.45) is 5.92 Å². The van der Waals surface area contributed by atoms with Gasteiger partial charge in [0.1, 0.15) is 0 Å². The van der Waals surface area contributed by atoms with Gasteiger partial charge in [-0.05, 0) is 47.9 Å². The molecule has 21 heavy (non-hydrogen) atoms. The van der Waals surface area contributed by atoms with Crippen LogP contribution < -0.4 is 5.32 Å². The molecule has 1 atom stereocenters. The maximum absolute atomic E-state index is 9.08. The van der Waals surface area contributed by atoms with Crippen molar-refractivity contribution in [3.63, 3.8) is 0 Å². The molecule has 3 heteroatoms. The number of thiophene rings is 1. The van der Waals surface area contributed by atoms with E-state index < -0.39 is 0 Å². The first kappa shape index (κ1) is 16.2. The Morgan fingerprint density at radius 3 is 2.67 bits per heavy atom. The van der Waals surface area contributed by atoms with Gasteiger partial charge < -0.3 is 10.4 Å². The zero-order valence-corrected chi connectivity index (χ0v) is 13.5. The lowest BCUT2D eigenvalue weighted by molar-refractivity contribution is 0.248. The molecule has 1 unspecified atom stereocenters. The van der Waals surface area contributed by atoms with Crippen LogP contribution in [0.15, 0.2) is 41.8 Å². The Hall–Kier alpha value is -1.16. The molecule has 0 aliphatic rings. The average molecular weight is 303 g/mol. The third-order valence-corrected chi connectivity index (χ3v) is 4.66. The topological polar surface area (TPSA) is 32.3 Å². The summed E-state index contributed by atoms with van der Waals surface area (Å²) in [5, 5.41) is 14.8. The second-order valence-corrected chi connectivity index (χ2v) is 6.46. The van der Waals surface area contributed by atoms with Crippen LogP contribution in [-0.2, 0) is 6.54 Å². The Bertz CT molecular complexity index is 503. The van der Waals surface area contributed by atoms with Gasteiger partial charge in [-0.2, -0.15) is 0 Å². The molecule has 1 aromatic heterocycles. The molecule has 2 rings (SSSR count). The highest BCUT2D eigenvalue weighted by Crippen LogP contribution is 2.25. The summed E-state index contributed by atoms with van der Waals surface area (Å²) in [6, 6.07) is 12.8. The molecule has 0 radical (unpaired) electrons. The van der Waals surface area contributed by atoms with Crippen LogP contribution in [0, 0.1) is 5.92 Å². The van der Waals surface area contributed by atoms with Gasteiger partial charge in [0.25, 0.3) is 0 Å². The maximum Gasteiger partial charge on any atom is 0.0434 e. The van der Waals surface area contributed by atoms with Gasteiger partial charge >= 0.3 is 0 Å².